The third-order valence-electron chi connectivity index (χ3n) is 7.45. The van der Waals surface area contributed by atoms with E-state index in [1.54, 1.807) is 17.7 Å². The number of thiophene rings is 1. The Balaban J connectivity index is 1.28. The van der Waals surface area contributed by atoms with E-state index in [9.17, 15) is 0 Å². The summed E-state index contributed by atoms with van der Waals surface area (Å²) < 4.78 is 0. The number of hydrogen-bond acceptors (Lipinski definition) is 5. The molecule has 2 aromatic heterocycles. The van der Waals surface area contributed by atoms with Crippen molar-refractivity contribution in [3.63, 3.8) is 0 Å². The minimum Gasteiger partial charge on any atom is -0.353 e. The van der Waals surface area contributed by atoms with E-state index in [1.807, 2.05) is 0 Å². The van der Waals surface area contributed by atoms with Gasteiger partial charge in [0.1, 0.15) is 17.0 Å². The molecule has 0 spiro atoms. The fourth-order valence-corrected chi connectivity index (χ4v) is 6.35. The van der Waals surface area contributed by atoms with E-state index in [0.717, 1.165) is 36.8 Å². The molecule has 1 aliphatic rings. The molecule has 0 radical (unpaired) electrons. The molecule has 186 valence electrons. The number of rotatable bonds is 6. The van der Waals surface area contributed by atoms with E-state index in [2.05, 4.69) is 119 Å². The van der Waals surface area contributed by atoms with Crippen molar-refractivity contribution >= 4 is 27.4 Å². The van der Waals surface area contributed by atoms with Crippen molar-refractivity contribution in [2.75, 3.05) is 31.1 Å². The van der Waals surface area contributed by atoms with Crippen LogP contribution >= 0.6 is 11.3 Å². The highest BCUT2D eigenvalue weighted by molar-refractivity contribution is 7.17. The molecule has 0 atom stereocenters. The normalized spacial score (nSPS) is 14.6. The van der Waals surface area contributed by atoms with Crippen molar-refractivity contribution in [3.05, 3.63) is 113 Å². The van der Waals surface area contributed by atoms with Gasteiger partial charge in [0.15, 0.2) is 0 Å². The van der Waals surface area contributed by atoms with Crippen LogP contribution in [0.3, 0.4) is 0 Å². The molecule has 0 N–H and O–H groups in total. The maximum atomic E-state index is 4.82. The minimum atomic E-state index is 0.256. The highest BCUT2D eigenvalue weighted by Gasteiger charge is 2.28. The second kappa shape index (κ2) is 10.4. The second-order valence-electron chi connectivity index (χ2n) is 10.1. The van der Waals surface area contributed by atoms with E-state index in [-0.39, 0.29) is 6.04 Å². The SMILES string of the molecule is CC(C)c1ccc(-c2csc3ncnc(N4CCN(C(c5ccccc5)c5ccccc5)CC4)c23)cc1. The average Bonchev–Trinajstić information content (AvgIpc) is 3.39. The van der Waals surface area contributed by atoms with Crippen LogP contribution in [-0.2, 0) is 0 Å². The Hall–Kier alpha value is -3.54. The van der Waals surface area contributed by atoms with Crippen molar-refractivity contribution in [2.24, 2.45) is 0 Å². The zero-order valence-electron chi connectivity index (χ0n) is 21.4. The third kappa shape index (κ3) is 4.77. The molecule has 0 bridgehead atoms. The zero-order valence-corrected chi connectivity index (χ0v) is 22.2. The molecule has 1 saturated heterocycles. The van der Waals surface area contributed by atoms with Gasteiger partial charge in [0.25, 0.3) is 0 Å². The smallest absolute Gasteiger partial charge is 0.141 e. The lowest BCUT2D eigenvalue weighted by molar-refractivity contribution is 0.212. The summed E-state index contributed by atoms with van der Waals surface area (Å²) in [5.41, 5.74) is 6.52. The summed E-state index contributed by atoms with van der Waals surface area (Å²) in [5, 5.41) is 3.42. The van der Waals surface area contributed by atoms with Gasteiger partial charge in [-0.2, -0.15) is 0 Å². The van der Waals surface area contributed by atoms with Gasteiger partial charge in [-0.05, 0) is 28.2 Å². The van der Waals surface area contributed by atoms with E-state index >= 15 is 0 Å². The van der Waals surface area contributed by atoms with Crippen LogP contribution in [0.5, 0.6) is 0 Å². The van der Waals surface area contributed by atoms with Gasteiger partial charge in [-0.15, -0.1) is 11.3 Å². The average molecular weight is 505 g/mol. The number of aromatic nitrogens is 2. The predicted molar refractivity (Wildman–Crippen MR) is 155 cm³/mol. The van der Waals surface area contributed by atoms with Gasteiger partial charge in [0.2, 0.25) is 0 Å². The summed E-state index contributed by atoms with van der Waals surface area (Å²) >= 11 is 1.71. The standard InChI is InChI=1S/C32H32N4S/c1-23(2)24-13-15-25(16-14-24)28-21-37-32-29(28)31(33-22-34-32)36-19-17-35(18-20-36)30(26-9-5-3-6-10-26)27-11-7-4-8-12-27/h3-16,21-23,30H,17-20H2,1-2H3. The molecule has 5 aromatic rings. The molecule has 3 heterocycles. The second-order valence-corrected chi connectivity index (χ2v) is 10.9. The highest BCUT2D eigenvalue weighted by Crippen LogP contribution is 2.39. The lowest BCUT2D eigenvalue weighted by Gasteiger charge is -2.40. The predicted octanol–water partition coefficient (Wildman–Crippen LogP) is 7.39. The first-order chi connectivity index (χ1) is 18.2. The first-order valence-corrected chi connectivity index (χ1v) is 14.0. The molecule has 5 heteroatoms. The molecule has 0 aliphatic carbocycles. The Bertz CT molecular complexity index is 1410. The topological polar surface area (TPSA) is 32.3 Å². The van der Waals surface area contributed by atoms with E-state index < -0.39 is 0 Å². The molecular weight excluding hydrogens is 472 g/mol. The van der Waals surface area contributed by atoms with E-state index in [1.165, 1.54) is 33.2 Å². The van der Waals surface area contributed by atoms with E-state index in [0.29, 0.717) is 5.92 Å². The Morgan fingerprint density at radius 3 is 1.92 bits per heavy atom. The molecule has 0 amide bonds. The first-order valence-electron chi connectivity index (χ1n) is 13.1. The fourth-order valence-electron chi connectivity index (χ4n) is 5.44. The zero-order chi connectivity index (χ0) is 25.2. The summed E-state index contributed by atoms with van der Waals surface area (Å²) in [6, 6.07) is 31.0. The summed E-state index contributed by atoms with van der Waals surface area (Å²) in [4.78, 5) is 15.6. The van der Waals surface area contributed by atoms with Crippen molar-refractivity contribution in [2.45, 2.75) is 25.8 Å². The molecule has 1 aliphatic heterocycles. The van der Waals surface area contributed by atoms with Crippen LogP contribution in [0, 0.1) is 0 Å². The van der Waals surface area contributed by atoms with Crippen molar-refractivity contribution < 1.29 is 0 Å². The quantitative estimate of drug-likeness (QED) is 0.241. The Kier molecular flexibility index (Phi) is 6.73. The molecule has 1 fully saturated rings. The minimum absolute atomic E-state index is 0.256. The van der Waals surface area contributed by atoms with E-state index in [4.69, 9.17) is 4.98 Å². The van der Waals surface area contributed by atoms with Crippen molar-refractivity contribution in [1.29, 1.82) is 0 Å². The van der Waals surface area contributed by atoms with Crippen molar-refractivity contribution in [3.8, 4) is 11.1 Å². The van der Waals surface area contributed by atoms with Crippen LogP contribution in [0.1, 0.15) is 42.5 Å². The lowest BCUT2D eigenvalue weighted by Crippen LogP contribution is -2.48. The lowest BCUT2D eigenvalue weighted by atomic mass is 9.96. The fraction of sp³-hybridized carbons (Fsp3) is 0.250. The molecule has 37 heavy (non-hydrogen) atoms. The van der Waals surface area contributed by atoms with Crippen LogP contribution in [-0.4, -0.2) is 41.0 Å². The third-order valence-corrected chi connectivity index (χ3v) is 8.33. The number of hydrogen-bond donors (Lipinski definition) is 0. The molecule has 6 rings (SSSR count). The molecule has 3 aromatic carbocycles. The Labute approximate surface area is 223 Å². The summed E-state index contributed by atoms with van der Waals surface area (Å²) in [6.45, 7) is 8.29. The highest BCUT2D eigenvalue weighted by atomic mass is 32.1. The van der Waals surface area contributed by atoms with Crippen LogP contribution < -0.4 is 4.90 Å². The van der Waals surface area contributed by atoms with Gasteiger partial charge >= 0.3 is 0 Å². The molecule has 0 unspecified atom stereocenters. The maximum Gasteiger partial charge on any atom is 0.141 e. The van der Waals surface area contributed by atoms with Gasteiger partial charge in [-0.3, -0.25) is 4.90 Å². The largest absolute Gasteiger partial charge is 0.353 e. The van der Waals surface area contributed by atoms with Gasteiger partial charge < -0.3 is 4.90 Å². The molecule has 4 nitrogen and oxygen atoms in total. The van der Waals surface area contributed by atoms with Gasteiger partial charge in [0.05, 0.1) is 11.4 Å². The van der Waals surface area contributed by atoms with Gasteiger partial charge in [0, 0.05) is 37.1 Å². The van der Waals surface area contributed by atoms with Gasteiger partial charge in [-0.1, -0.05) is 98.8 Å². The number of nitrogens with zero attached hydrogens (tertiary/aromatic N) is 4. The van der Waals surface area contributed by atoms with Crippen molar-refractivity contribution in [1.82, 2.24) is 14.9 Å². The van der Waals surface area contributed by atoms with Crippen LogP contribution in [0.2, 0.25) is 0 Å². The molecular formula is C32H32N4S. The van der Waals surface area contributed by atoms with Gasteiger partial charge in [-0.25, -0.2) is 9.97 Å². The number of anilines is 1. The van der Waals surface area contributed by atoms with Crippen LogP contribution in [0.15, 0.2) is 96.6 Å². The first kappa shape index (κ1) is 23.8. The number of piperazine rings is 1. The molecule has 0 saturated carbocycles. The summed E-state index contributed by atoms with van der Waals surface area (Å²) in [6.07, 6.45) is 1.73. The van der Waals surface area contributed by atoms with Crippen LogP contribution in [0.4, 0.5) is 5.82 Å². The number of fused-ring (bicyclic) bond motifs is 1. The summed E-state index contributed by atoms with van der Waals surface area (Å²) in [7, 11) is 0. The summed E-state index contributed by atoms with van der Waals surface area (Å²) in [5.74, 6) is 1.59. The monoisotopic (exact) mass is 504 g/mol. The van der Waals surface area contributed by atoms with Crippen LogP contribution in [0.25, 0.3) is 21.3 Å². The Morgan fingerprint density at radius 1 is 0.703 bits per heavy atom. The number of benzene rings is 3. The maximum absolute atomic E-state index is 4.82. The Morgan fingerprint density at radius 2 is 1.32 bits per heavy atom.